The van der Waals surface area contributed by atoms with Crippen LogP contribution >= 0.6 is 0 Å². The van der Waals surface area contributed by atoms with Crippen LogP contribution in [0, 0.1) is 27.2 Å². The molecule has 0 aliphatic heterocycles. The summed E-state index contributed by atoms with van der Waals surface area (Å²) >= 11 is 0. The van der Waals surface area contributed by atoms with Gasteiger partial charge in [-0.05, 0) is 57.8 Å². The molecule has 7 heteroatoms. The minimum atomic E-state index is -1.34. The van der Waals surface area contributed by atoms with Crippen molar-refractivity contribution in [3.8, 4) is 0 Å². The second-order valence-electron chi connectivity index (χ2n) is 8.13. The fourth-order valence-electron chi connectivity index (χ4n) is 5.33. The molecule has 25 heavy (non-hydrogen) atoms. The standard InChI is InChI=1S/C18H23N3O4/c1-9-5-13-14(6-10(9)2)16-17(19-25-20(16)22)18(21(23)24)8-12(4)11(3)7-15(13)18/h13-15H,5-8H2,1-4H3. The second-order valence-corrected chi connectivity index (χ2v) is 8.13. The summed E-state index contributed by atoms with van der Waals surface area (Å²) in [5.41, 5.74) is 4.12. The molecule has 0 N–H and O–H groups in total. The van der Waals surface area contributed by atoms with Crippen molar-refractivity contribution in [2.75, 3.05) is 0 Å². The molecule has 3 aliphatic carbocycles. The van der Waals surface area contributed by atoms with Crippen LogP contribution in [0.1, 0.15) is 70.7 Å². The Morgan fingerprint density at radius 2 is 1.76 bits per heavy atom. The van der Waals surface area contributed by atoms with E-state index in [2.05, 4.69) is 25.9 Å². The molecule has 1 aromatic rings. The summed E-state index contributed by atoms with van der Waals surface area (Å²) in [5.74, 6) is -0.132. The third kappa shape index (κ3) is 1.98. The molecule has 0 spiro atoms. The van der Waals surface area contributed by atoms with Crippen molar-refractivity contribution in [3.63, 3.8) is 0 Å². The number of fused-ring (bicyclic) bond motifs is 6. The number of aromatic nitrogens is 2. The average molecular weight is 345 g/mol. The van der Waals surface area contributed by atoms with E-state index in [0.717, 1.165) is 18.4 Å². The lowest BCUT2D eigenvalue weighted by Gasteiger charge is -2.47. The van der Waals surface area contributed by atoms with Gasteiger partial charge in [-0.25, -0.2) is 0 Å². The van der Waals surface area contributed by atoms with E-state index in [9.17, 15) is 15.3 Å². The Bertz CT molecular complexity index is 837. The summed E-state index contributed by atoms with van der Waals surface area (Å²) in [5, 5.41) is 28.6. The van der Waals surface area contributed by atoms with Crippen molar-refractivity contribution < 1.29 is 14.5 Å². The van der Waals surface area contributed by atoms with Gasteiger partial charge < -0.3 is 5.21 Å². The molecule has 4 unspecified atom stereocenters. The largest absolute Gasteiger partial charge is 0.359 e. The van der Waals surface area contributed by atoms with Crippen molar-refractivity contribution in [1.29, 1.82) is 0 Å². The van der Waals surface area contributed by atoms with Crippen LogP contribution in [-0.4, -0.2) is 10.1 Å². The maximum atomic E-state index is 12.3. The molecular formula is C18H23N3O4. The molecule has 134 valence electrons. The van der Waals surface area contributed by atoms with Crippen LogP contribution in [0.25, 0.3) is 0 Å². The van der Waals surface area contributed by atoms with Gasteiger partial charge in [0.1, 0.15) is 0 Å². The van der Waals surface area contributed by atoms with E-state index in [-0.39, 0.29) is 28.4 Å². The molecule has 4 atom stereocenters. The molecule has 0 fully saturated rings. The SMILES string of the molecule is CC1=C(C)CC2C(C1)c1c(no[n+]1[O-])C1([N+](=O)[O-])CC(C)=C(C)CC21. The first-order chi connectivity index (χ1) is 11.8. The first-order valence-electron chi connectivity index (χ1n) is 8.82. The topological polar surface area (TPSA) is 96.1 Å². The van der Waals surface area contributed by atoms with Gasteiger partial charge in [0.05, 0.1) is 0 Å². The fraction of sp³-hybridized carbons (Fsp3) is 0.667. The molecule has 0 saturated heterocycles. The Kier molecular flexibility index (Phi) is 3.36. The van der Waals surface area contributed by atoms with Gasteiger partial charge in [0.2, 0.25) is 5.69 Å². The number of nitro groups is 1. The molecule has 0 aromatic carbocycles. The quantitative estimate of drug-likeness (QED) is 0.336. The monoisotopic (exact) mass is 345 g/mol. The van der Waals surface area contributed by atoms with Gasteiger partial charge in [-0.1, -0.05) is 22.3 Å². The highest BCUT2D eigenvalue weighted by molar-refractivity contribution is 5.36. The molecule has 1 aromatic heterocycles. The molecule has 7 nitrogen and oxygen atoms in total. The van der Waals surface area contributed by atoms with Crippen LogP contribution in [0.5, 0.6) is 0 Å². The predicted molar refractivity (Wildman–Crippen MR) is 89.1 cm³/mol. The van der Waals surface area contributed by atoms with Crippen molar-refractivity contribution in [2.24, 2.45) is 11.8 Å². The fourth-order valence-corrected chi connectivity index (χ4v) is 5.33. The molecular weight excluding hydrogens is 322 g/mol. The summed E-state index contributed by atoms with van der Waals surface area (Å²) in [6.07, 6.45) is 2.54. The maximum Gasteiger partial charge on any atom is 0.299 e. The predicted octanol–water partition coefficient (Wildman–Crippen LogP) is 3.37. The zero-order chi connectivity index (χ0) is 18.1. The van der Waals surface area contributed by atoms with Gasteiger partial charge in [-0.15, -0.1) is 0 Å². The lowest BCUT2D eigenvalue weighted by molar-refractivity contribution is -0.809. The minimum Gasteiger partial charge on any atom is -0.359 e. The molecule has 0 saturated carbocycles. The van der Waals surface area contributed by atoms with Crippen molar-refractivity contribution in [2.45, 2.75) is 64.8 Å². The number of hydrogen-bond donors (Lipinski definition) is 0. The Labute approximate surface area is 146 Å². The highest BCUT2D eigenvalue weighted by Gasteiger charge is 2.68. The number of allylic oxidation sites excluding steroid dienone is 3. The molecule has 0 radical (unpaired) electrons. The second kappa shape index (κ2) is 5.16. The molecule has 0 bridgehead atoms. The summed E-state index contributed by atoms with van der Waals surface area (Å²) in [4.78, 5) is 12.5. The van der Waals surface area contributed by atoms with Crippen LogP contribution in [0.15, 0.2) is 26.9 Å². The Morgan fingerprint density at radius 3 is 2.44 bits per heavy atom. The maximum absolute atomic E-state index is 12.3. The Morgan fingerprint density at radius 1 is 1.12 bits per heavy atom. The van der Waals surface area contributed by atoms with E-state index in [4.69, 9.17) is 4.63 Å². The highest BCUT2D eigenvalue weighted by Crippen LogP contribution is 2.60. The molecule has 3 aliphatic rings. The molecule has 4 rings (SSSR count). The lowest BCUT2D eigenvalue weighted by atomic mass is 9.54. The van der Waals surface area contributed by atoms with Crippen LogP contribution in [-0.2, 0) is 5.54 Å². The van der Waals surface area contributed by atoms with Crippen LogP contribution in [0.2, 0.25) is 0 Å². The van der Waals surface area contributed by atoms with E-state index < -0.39 is 5.54 Å². The summed E-state index contributed by atoms with van der Waals surface area (Å²) in [7, 11) is 0. The van der Waals surface area contributed by atoms with Gasteiger partial charge in [0.25, 0.3) is 11.2 Å². The molecule has 1 heterocycles. The minimum absolute atomic E-state index is 0.0493. The number of nitrogens with zero attached hydrogens (tertiary/aromatic N) is 3. The molecule has 0 amide bonds. The summed E-state index contributed by atoms with van der Waals surface area (Å²) in [6.45, 7) is 8.20. The van der Waals surface area contributed by atoms with E-state index in [1.54, 1.807) is 0 Å². The van der Waals surface area contributed by atoms with Crippen LogP contribution < -0.4 is 4.90 Å². The highest BCUT2D eigenvalue weighted by atomic mass is 16.8. The summed E-state index contributed by atoms with van der Waals surface area (Å²) in [6, 6.07) is 0. The van der Waals surface area contributed by atoms with Gasteiger partial charge in [-0.3, -0.25) is 14.7 Å². The Hall–Kier alpha value is -2.18. The van der Waals surface area contributed by atoms with Crippen LogP contribution in [0.3, 0.4) is 0 Å². The first-order valence-corrected chi connectivity index (χ1v) is 8.82. The lowest BCUT2D eigenvalue weighted by Crippen LogP contribution is -2.55. The van der Waals surface area contributed by atoms with Gasteiger partial charge in [0.15, 0.2) is 0 Å². The normalized spacial score (nSPS) is 34.5. The third-order valence-corrected chi connectivity index (χ3v) is 6.97. The zero-order valence-corrected chi connectivity index (χ0v) is 15.0. The summed E-state index contributed by atoms with van der Waals surface area (Å²) < 4.78 is 4.89. The first kappa shape index (κ1) is 16.3. The van der Waals surface area contributed by atoms with E-state index in [1.165, 1.54) is 16.7 Å². The van der Waals surface area contributed by atoms with E-state index in [1.807, 2.05) is 6.92 Å². The average Bonchev–Trinajstić information content (AvgIpc) is 2.93. The van der Waals surface area contributed by atoms with E-state index >= 15 is 0 Å². The smallest absolute Gasteiger partial charge is 0.299 e. The van der Waals surface area contributed by atoms with Crippen molar-refractivity contribution >= 4 is 0 Å². The van der Waals surface area contributed by atoms with E-state index in [0.29, 0.717) is 23.4 Å². The number of hydrogen-bond acceptors (Lipinski definition) is 5. The third-order valence-electron chi connectivity index (χ3n) is 6.97. The van der Waals surface area contributed by atoms with Crippen molar-refractivity contribution in [1.82, 2.24) is 5.16 Å². The van der Waals surface area contributed by atoms with Gasteiger partial charge >= 0.3 is 0 Å². The van der Waals surface area contributed by atoms with Gasteiger partial charge in [0, 0.05) is 28.3 Å². The Balaban J connectivity index is 1.99. The zero-order valence-electron chi connectivity index (χ0n) is 15.0. The van der Waals surface area contributed by atoms with Gasteiger partial charge in [-0.2, -0.15) is 0 Å². The van der Waals surface area contributed by atoms with Crippen LogP contribution in [0.4, 0.5) is 0 Å². The van der Waals surface area contributed by atoms with Crippen molar-refractivity contribution in [3.05, 3.63) is 49.0 Å². The number of rotatable bonds is 1.